The Labute approximate surface area is 91.3 Å². The number of methoxy groups -OCH3 is 1. The van der Waals surface area contributed by atoms with Crippen LogP contribution in [0.15, 0.2) is 5.16 Å². The van der Waals surface area contributed by atoms with Gasteiger partial charge in [0.25, 0.3) is 0 Å². The number of hydrogen-bond acceptors (Lipinski definition) is 4. The standard InChI is InChI=1S/C11H21NO3/c1-9(2)7-5-4-6-8-10(12-14)11(13)15-3/h9,14H,4-8H2,1-3H3. The molecule has 4 heteroatoms. The van der Waals surface area contributed by atoms with Crippen LogP contribution in [-0.4, -0.2) is 24.0 Å². The van der Waals surface area contributed by atoms with Crippen molar-refractivity contribution in [2.24, 2.45) is 11.1 Å². The number of carbonyl (C=O) groups is 1. The van der Waals surface area contributed by atoms with E-state index in [0.29, 0.717) is 6.42 Å². The SMILES string of the molecule is COC(=O)C(CCCCCC(C)C)=NO. The topological polar surface area (TPSA) is 58.9 Å². The predicted octanol–water partition coefficient (Wildman–Crippen LogP) is 2.60. The average molecular weight is 215 g/mol. The molecule has 0 aliphatic heterocycles. The van der Waals surface area contributed by atoms with Gasteiger partial charge in [-0.05, 0) is 12.3 Å². The van der Waals surface area contributed by atoms with Crippen LogP contribution in [0, 0.1) is 5.92 Å². The van der Waals surface area contributed by atoms with Crippen molar-refractivity contribution in [1.29, 1.82) is 0 Å². The second-order valence-corrected chi connectivity index (χ2v) is 4.03. The minimum Gasteiger partial charge on any atom is -0.464 e. The summed E-state index contributed by atoms with van der Waals surface area (Å²) in [5.74, 6) is 0.179. The van der Waals surface area contributed by atoms with E-state index in [1.54, 1.807) is 0 Å². The maximum atomic E-state index is 11.0. The summed E-state index contributed by atoms with van der Waals surface area (Å²) in [6.45, 7) is 4.38. The molecule has 0 heterocycles. The average Bonchev–Trinajstić information content (AvgIpc) is 2.22. The fourth-order valence-corrected chi connectivity index (χ4v) is 1.33. The van der Waals surface area contributed by atoms with Gasteiger partial charge < -0.3 is 9.94 Å². The van der Waals surface area contributed by atoms with Crippen molar-refractivity contribution in [1.82, 2.24) is 0 Å². The molecule has 0 amide bonds. The molecule has 0 radical (unpaired) electrons. The quantitative estimate of drug-likeness (QED) is 0.233. The third kappa shape index (κ3) is 6.94. The lowest BCUT2D eigenvalue weighted by atomic mass is 10.0. The molecule has 88 valence electrons. The summed E-state index contributed by atoms with van der Waals surface area (Å²) in [5.41, 5.74) is 0.113. The van der Waals surface area contributed by atoms with Crippen molar-refractivity contribution in [2.75, 3.05) is 7.11 Å². The molecule has 0 aliphatic carbocycles. The number of hydrogen-bond donors (Lipinski definition) is 1. The molecule has 0 saturated carbocycles. The van der Waals surface area contributed by atoms with Crippen LogP contribution in [0.1, 0.15) is 46.0 Å². The Hall–Kier alpha value is -1.06. The Morgan fingerprint density at radius 2 is 2.00 bits per heavy atom. The van der Waals surface area contributed by atoms with Crippen molar-refractivity contribution in [2.45, 2.75) is 46.0 Å². The van der Waals surface area contributed by atoms with Gasteiger partial charge in [-0.3, -0.25) is 0 Å². The van der Waals surface area contributed by atoms with Crippen LogP contribution in [0.25, 0.3) is 0 Å². The van der Waals surface area contributed by atoms with E-state index in [2.05, 4.69) is 23.7 Å². The Kier molecular flexibility index (Phi) is 7.68. The number of unbranched alkanes of at least 4 members (excludes halogenated alkanes) is 2. The number of rotatable bonds is 7. The van der Waals surface area contributed by atoms with E-state index < -0.39 is 5.97 Å². The highest BCUT2D eigenvalue weighted by Gasteiger charge is 2.11. The molecule has 0 aliphatic rings. The highest BCUT2D eigenvalue weighted by molar-refractivity contribution is 6.36. The van der Waals surface area contributed by atoms with E-state index in [4.69, 9.17) is 5.21 Å². The Morgan fingerprint density at radius 3 is 2.47 bits per heavy atom. The Balaban J connectivity index is 3.61. The van der Waals surface area contributed by atoms with Gasteiger partial charge in [0.15, 0.2) is 5.71 Å². The summed E-state index contributed by atoms with van der Waals surface area (Å²) in [7, 11) is 1.28. The van der Waals surface area contributed by atoms with E-state index in [1.165, 1.54) is 13.5 Å². The summed E-state index contributed by atoms with van der Waals surface area (Å²) < 4.78 is 4.47. The second-order valence-electron chi connectivity index (χ2n) is 4.03. The lowest BCUT2D eigenvalue weighted by molar-refractivity contribution is -0.133. The second kappa shape index (κ2) is 8.26. The molecule has 0 saturated heterocycles. The molecule has 0 bridgehead atoms. The first-order chi connectivity index (χ1) is 7.11. The van der Waals surface area contributed by atoms with Gasteiger partial charge in [-0.25, -0.2) is 4.79 Å². The molecule has 0 aromatic rings. The van der Waals surface area contributed by atoms with E-state index in [9.17, 15) is 4.79 Å². The zero-order valence-electron chi connectivity index (χ0n) is 9.82. The summed E-state index contributed by atoms with van der Waals surface area (Å²) >= 11 is 0. The minimum absolute atomic E-state index is 0.113. The first-order valence-electron chi connectivity index (χ1n) is 5.41. The van der Waals surface area contributed by atoms with Gasteiger partial charge in [-0.1, -0.05) is 38.3 Å². The molecule has 0 atom stereocenters. The van der Waals surface area contributed by atoms with Crippen LogP contribution in [0.5, 0.6) is 0 Å². The zero-order valence-corrected chi connectivity index (χ0v) is 9.82. The van der Waals surface area contributed by atoms with Crippen LogP contribution in [-0.2, 0) is 9.53 Å². The molecule has 0 spiro atoms. The van der Waals surface area contributed by atoms with Gasteiger partial charge in [-0.2, -0.15) is 0 Å². The zero-order chi connectivity index (χ0) is 11.7. The largest absolute Gasteiger partial charge is 0.464 e. The predicted molar refractivity (Wildman–Crippen MR) is 59.2 cm³/mol. The van der Waals surface area contributed by atoms with Crippen molar-refractivity contribution in [3.63, 3.8) is 0 Å². The first kappa shape index (κ1) is 13.9. The van der Waals surface area contributed by atoms with E-state index in [0.717, 1.165) is 25.2 Å². The van der Waals surface area contributed by atoms with Crippen LogP contribution in [0.3, 0.4) is 0 Å². The van der Waals surface area contributed by atoms with Crippen molar-refractivity contribution < 1.29 is 14.7 Å². The summed E-state index contributed by atoms with van der Waals surface area (Å²) in [5, 5.41) is 11.5. The summed E-state index contributed by atoms with van der Waals surface area (Å²) in [6, 6.07) is 0. The van der Waals surface area contributed by atoms with Gasteiger partial charge in [0.2, 0.25) is 0 Å². The third-order valence-electron chi connectivity index (χ3n) is 2.24. The van der Waals surface area contributed by atoms with Crippen molar-refractivity contribution >= 4 is 11.7 Å². The van der Waals surface area contributed by atoms with E-state index >= 15 is 0 Å². The molecule has 0 aromatic carbocycles. The van der Waals surface area contributed by atoms with Gasteiger partial charge >= 0.3 is 5.97 Å². The third-order valence-corrected chi connectivity index (χ3v) is 2.24. The molecule has 4 nitrogen and oxygen atoms in total. The number of carbonyl (C=O) groups excluding carboxylic acids is 1. The molecule has 0 fully saturated rings. The lowest BCUT2D eigenvalue weighted by Crippen LogP contribution is -2.15. The van der Waals surface area contributed by atoms with Crippen LogP contribution >= 0.6 is 0 Å². The van der Waals surface area contributed by atoms with Crippen molar-refractivity contribution in [3.8, 4) is 0 Å². The Morgan fingerprint density at radius 1 is 1.33 bits per heavy atom. The molecular formula is C11H21NO3. The lowest BCUT2D eigenvalue weighted by Gasteiger charge is -2.04. The van der Waals surface area contributed by atoms with Crippen LogP contribution < -0.4 is 0 Å². The molecule has 1 N–H and O–H groups in total. The number of nitrogens with zero attached hydrogens (tertiary/aromatic N) is 1. The molecule has 0 aromatic heterocycles. The molecular weight excluding hydrogens is 194 g/mol. The minimum atomic E-state index is -0.540. The maximum Gasteiger partial charge on any atom is 0.355 e. The fourth-order valence-electron chi connectivity index (χ4n) is 1.33. The first-order valence-corrected chi connectivity index (χ1v) is 5.41. The van der Waals surface area contributed by atoms with Crippen LogP contribution in [0.2, 0.25) is 0 Å². The van der Waals surface area contributed by atoms with Crippen molar-refractivity contribution in [3.05, 3.63) is 0 Å². The van der Waals surface area contributed by atoms with E-state index in [1.807, 2.05) is 0 Å². The smallest absolute Gasteiger partial charge is 0.355 e. The normalized spacial score (nSPS) is 11.9. The summed E-state index contributed by atoms with van der Waals surface area (Å²) in [4.78, 5) is 11.0. The molecule has 0 unspecified atom stereocenters. The number of esters is 1. The summed E-state index contributed by atoms with van der Waals surface area (Å²) in [6.07, 6.45) is 4.75. The highest BCUT2D eigenvalue weighted by atomic mass is 16.5. The number of ether oxygens (including phenoxy) is 1. The highest BCUT2D eigenvalue weighted by Crippen LogP contribution is 2.10. The maximum absolute atomic E-state index is 11.0. The van der Waals surface area contributed by atoms with Gasteiger partial charge in [0.05, 0.1) is 7.11 Å². The molecule has 0 rings (SSSR count). The Bertz CT molecular complexity index is 212. The monoisotopic (exact) mass is 215 g/mol. The van der Waals surface area contributed by atoms with Gasteiger partial charge in [-0.15, -0.1) is 0 Å². The van der Waals surface area contributed by atoms with Gasteiger partial charge in [0.1, 0.15) is 0 Å². The van der Waals surface area contributed by atoms with Crippen LogP contribution in [0.4, 0.5) is 0 Å². The van der Waals surface area contributed by atoms with Gasteiger partial charge in [0, 0.05) is 6.42 Å². The molecule has 15 heavy (non-hydrogen) atoms. The number of oxime groups is 1. The van der Waals surface area contributed by atoms with E-state index in [-0.39, 0.29) is 5.71 Å². The fraction of sp³-hybridized carbons (Fsp3) is 0.818.